The molecule has 0 bridgehead atoms. The van der Waals surface area contributed by atoms with E-state index in [2.05, 4.69) is 16.2 Å². The molecule has 1 fully saturated rings. The molecule has 7 nitrogen and oxygen atoms in total. The summed E-state index contributed by atoms with van der Waals surface area (Å²) in [6.45, 7) is 3.52. The van der Waals surface area contributed by atoms with Gasteiger partial charge in [0.15, 0.2) is 5.82 Å². The maximum absolute atomic E-state index is 12.6. The number of amides is 1. The minimum absolute atomic E-state index is 0.0547. The minimum Gasteiger partial charge on any atom is -0.494 e. The van der Waals surface area contributed by atoms with Gasteiger partial charge in [-0.25, -0.2) is 0 Å². The van der Waals surface area contributed by atoms with Crippen molar-refractivity contribution < 1.29 is 14.1 Å². The monoisotopic (exact) mass is 388 g/mol. The lowest BCUT2D eigenvalue weighted by molar-refractivity contribution is -0.128. The zero-order valence-corrected chi connectivity index (χ0v) is 16.0. The van der Waals surface area contributed by atoms with Gasteiger partial charge in [-0.1, -0.05) is 29.4 Å². The molecule has 1 aromatic heterocycles. The van der Waals surface area contributed by atoms with Gasteiger partial charge in [-0.05, 0) is 31.2 Å². The number of aromatic nitrogens is 2. The molecule has 0 saturated carbocycles. The highest BCUT2D eigenvalue weighted by atomic mass is 16.5. The van der Waals surface area contributed by atoms with Crippen LogP contribution in [0.1, 0.15) is 36.2 Å². The predicted octanol–water partition coefficient (Wildman–Crippen LogP) is 3.52. The number of hydrogen-bond acceptors (Lipinski definition) is 6. The Balaban J connectivity index is 1.49. The SMILES string of the molecule is CCOc1ccccc1CN1CC(c2noc(-c3cccc(C#N)c3)n2)CC1=O. The second kappa shape index (κ2) is 8.15. The fourth-order valence-electron chi connectivity index (χ4n) is 3.47. The number of para-hydroxylation sites is 1. The Kier molecular flexibility index (Phi) is 5.25. The van der Waals surface area contributed by atoms with Crippen LogP contribution >= 0.6 is 0 Å². The summed E-state index contributed by atoms with van der Waals surface area (Å²) in [6, 6.07) is 16.9. The summed E-state index contributed by atoms with van der Waals surface area (Å²) in [4.78, 5) is 18.8. The van der Waals surface area contributed by atoms with Crippen LogP contribution in [0.25, 0.3) is 11.5 Å². The van der Waals surface area contributed by atoms with Gasteiger partial charge in [-0.3, -0.25) is 4.79 Å². The highest BCUT2D eigenvalue weighted by Gasteiger charge is 2.34. The first-order valence-electron chi connectivity index (χ1n) is 9.50. The van der Waals surface area contributed by atoms with Crippen molar-refractivity contribution in [1.82, 2.24) is 15.0 Å². The van der Waals surface area contributed by atoms with Crippen molar-refractivity contribution in [3.05, 3.63) is 65.5 Å². The van der Waals surface area contributed by atoms with Crippen molar-refractivity contribution in [3.8, 4) is 23.3 Å². The molecule has 1 saturated heterocycles. The molecule has 2 heterocycles. The lowest BCUT2D eigenvalue weighted by Gasteiger charge is -2.18. The largest absolute Gasteiger partial charge is 0.494 e. The number of likely N-dealkylation sites (tertiary alicyclic amines) is 1. The van der Waals surface area contributed by atoms with Gasteiger partial charge in [0, 0.05) is 36.6 Å². The smallest absolute Gasteiger partial charge is 0.257 e. The van der Waals surface area contributed by atoms with Crippen LogP contribution in [0.5, 0.6) is 5.75 Å². The van der Waals surface area contributed by atoms with E-state index in [0.29, 0.717) is 49.0 Å². The molecular formula is C22H20N4O3. The maximum Gasteiger partial charge on any atom is 0.257 e. The molecule has 29 heavy (non-hydrogen) atoms. The van der Waals surface area contributed by atoms with E-state index in [1.807, 2.05) is 37.3 Å². The third-order valence-electron chi connectivity index (χ3n) is 4.89. The first-order valence-corrected chi connectivity index (χ1v) is 9.50. The first kappa shape index (κ1) is 18.7. The molecule has 0 N–H and O–H groups in total. The Labute approximate surface area is 168 Å². The number of benzene rings is 2. The van der Waals surface area contributed by atoms with Crippen LogP contribution in [0.15, 0.2) is 53.1 Å². The Morgan fingerprint density at radius 1 is 1.28 bits per heavy atom. The third kappa shape index (κ3) is 3.97. The number of ether oxygens (including phenoxy) is 1. The van der Waals surface area contributed by atoms with E-state index in [9.17, 15) is 4.79 Å². The summed E-state index contributed by atoms with van der Waals surface area (Å²) in [7, 11) is 0. The molecular weight excluding hydrogens is 368 g/mol. The summed E-state index contributed by atoms with van der Waals surface area (Å²) in [5, 5.41) is 13.1. The molecule has 1 aliphatic rings. The van der Waals surface area contributed by atoms with E-state index in [1.54, 1.807) is 23.1 Å². The maximum atomic E-state index is 12.6. The molecule has 1 aliphatic heterocycles. The highest BCUT2D eigenvalue weighted by molar-refractivity contribution is 5.79. The van der Waals surface area contributed by atoms with Gasteiger partial charge in [0.2, 0.25) is 5.91 Å². The van der Waals surface area contributed by atoms with Gasteiger partial charge in [-0.15, -0.1) is 0 Å². The average Bonchev–Trinajstić information content (AvgIpc) is 3.37. The summed E-state index contributed by atoms with van der Waals surface area (Å²) in [5.41, 5.74) is 2.19. The zero-order valence-electron chi connectivity index (χ0n) is 16.0. The van der Waals surface area contributed by atoms with Crippen LogP contribution in [0, 0.1) is 11.3 Å². The summed E-state index contributed by atoms with van der Waals surface area (Å²) in [5.74, 6) is 1.59. The van der Waals surface area contributed by atoms with Crippen molar-refractivity contribution in [3.63, 3.8) is 0 Å². The van der Waals surface area contributed by atoms with E-state index in [1.165, 1.54) is 0 Å². The van der Waals surface area contributed by atoms with Gasteiger partial charge < -0.3 is 14.2 Å². The molecule has 1 amide bonds. The number of carbonyl (C=O) groups is 1. The van der Waals surface area contributed by atoms with Crippen LogP contribution in [-0.4, -0.2) is 34.1 Å². The quantitative estimate of drug-likeness (QED) is 0.641. The van der Waals surface area contributed by atoms with Gasteiger partial charge >= 0.3 is 0 Å². The molecule has 0 spiro atoms. The summed E-state index contributed by atoms with van der Waals surface area (Å²) in [6.07, 6.45) is 0.341. The highest BCUT2D eigenvalue weighted by Crippen LogP contribution is 2.30. The summed E-state index contributed by atoms with van der Waals surface area (Å²) < 4.78 is 11.0. The first-order chi connectivity index (χ1) is 14.2. The predicted molar refractivity (Wildman–Crippen MR) is 105 cm³/mol. The fourth-order valence-corrected chi connectivity index (χ4v) is 3.47. The number of carbonyl (C=O) groups excluding carboxylic acids is 1. The second-order valence-corrected chi connectivity index (χ2v) is 6.87. The normalized spacial score (nSPS) is 16.1. The van der Waals surface area contributed by atoms with Crippen molar-refractivity contribution in [2.75, 3.05) is 13.2 Å². The molecule has 0 aliphatic carbocycles. The molecule has 0 radical (unpaired) electrons. The average molecular weight is 388 g/mol. The second-order valence-electron chi connectivity index (χ2n) is 6.87. The standard InChI is InChI=1S/C22H20N4O3/c1-2-28-19-9-4-3-7-17(19)13-26-14-18(11-20(26)27)21-24-22(29-25-21)16-8-5-6-15(10-16)12-23/h3-10,18H,2,11,13-14H2,1H3. The Bertz CT molecular complexity index is 1070. The van der Waals surface area contributed by atoms with Gasteiger partial charge in [0.25, 0.3) is 5.89 Å². The molecule has 2 aromatic carbocycles. The Morgan fingerprint density at radius 3 is 2.97 bits per heavy atom. The molecule has 4 rings (SSSR count). The van der Waals surface area contributed by atoms with Crippen LogP contribution in [0.4, 0.5) is 0 Å². The minimum atomic E-state index is -0.126. The van der Waals surface area contributed by atoms with Crippen LogP contribution in [-0.2, 0) is 11.3 Å². The Hall–Kier alpha value is -3.66. The van der Waals surface area contributed by atoms with E-state index >= 15 is 0 Å². The molecule has 1 unspecified atom stereocenters. The lowest BCUT2D eigenvalue weighted by Crippen LogP contribution is -2.24. The van der Waals surface area contributed by atoms with Gasteiger partial charge in [0.05, 0.1) is 18.2 Å². The van der Waals surface area contributed by atoms with E-state index in [0.717, 1.165) is 11.3 Å². The van der Waals surface area contributed by atoms with Gasteiger partial charge in [0.1, 0.15) is 5.75 Å². The van der Waals surface area contributed by atoms with Gasteiger partial charge in [-0.2, -0.15) is 10.2 Å². The van der Waals surface area contributed by atoms with E-state index < -0.39 is 0 Å². The molecule has 1 atom stereocenters. The number of rotatable bonds is 6. The van der Waals surface area contributed by atoms with Crippen molar-refractivity contribution in [2.24, 2.45) is 0 Å². The number of nitriles is 1. The van der Waals surface area contributed by atoms with Crippen LogP contribution in [0.3, 0.4) is 0 Å². The molecule has 7 heteroatoms. The van der Waals surface area contributed by atoms with Crippen molar-refractivity contribution >= 4 is 5.91 Å². The topological polar surface area (TPSA) is 92.2 Å². The van der Waals surface area contributed by atoms with Crippen molar-refractivity contribution in [1.29, 1.82) is 5.26 Å². The Morgan fingerprint density at radius 2 is 2.14 bits per heavy atom. The van der Waals surface area contributed by atoms with Crippen LogP contribution < -0.4 is 4.74 Å². The fraction of sp³-hybridized carbons (Fsp3) is 0.273. The van der Waals surface area contributed by atoms with E-state index in [-0.39, 0.29) is 11.8 Å². The van der Waals surface area contributed by atoms with Crippen LogP contribution in [0.2, 0.25) is 0 Å². The lowest BCUT2D eigenvalue weighted by atomic mass is 10.1. The third-order valence-corrected chi connectivity index (χ3v) is 4.89. The van der Waals surface area contributed by atoms with Crippen molar-refractivity contribution in [2.45, 2.75) is 25.8 Å². The molecule has 3 aromatic rings. The van der Waals surface area contributed by atoms with E-state index in [4.69, 9.17) is 14.5 Å². The number of nitrogens with zero attached hydrogens (tertiary/aromatic N) is 4. The molecule has 146 valence electrons. The zero-order chi connectivity index (χ0) is 20.2. The summed E-state index contributed by atoms with van der Waals surface area (Å²) >= 11 is 0. The number of hydrogen-bond donors (Lipinski definition) is 0.